The molecule has 0 aromatic heterocycles. The predicted octanol–water partition coefficient (Wildman–Crippen LogP) is 2.22. The summed E-state index contributed by atoms with van der Waals surface area (Å²) < 4.78 is 0. The maximum atomic E-state index is 10.6. The van der Waals surface area contributed by atoms with Crippen LogP contribution >= 0.6 is 0 Å². The topological polar surface area (TPSA) is 73.1 Å². The molecule has 1 rings (SSSR count). The van der Waals surface area contributed by atoms with E-state index in [1.807, 2.05) is 6.07 Å². The molecule has 0 aliphatic rings. The van der Waals surface area contributed by atoms with Crippen LogP contribution in [0, 0.1) is 11.3 Å². The average molecular weight is 202 g/mol. The first kappa shape index (κ1) is 10.8. The lowest BCUT2D eigenvalue weighted by molar-refractivity contribution is 0.0697. The van der Waals surface area contributed by atoms with E-state index in [2.05, 4.69) is 5.32 Å². The second-order valence-electron chi connectivity index (χ2n) is 2.96. The number of aromatic carboxylic acids is 1. The second kappa shape index (κ2) is 4.82. The number of hydrogen-bond donors (Lipinski definition) is 2. The van der Waals surface area contributed by atoms with Gasteiger partial charge >= 0.3 is 5.97 Å². The van der Waals surface area contributed by atoms with Crippen molar-refractivity contribution < 1.29 is 9.90 Å². The summed E-state index contributed by atoms with van der Waals surface area (Å²) in [6.45, 7) is 1.76. The van der Waals surface area contributed by atoms with Crippen LogP contribution in [-0.4, -0.2) is 11.1 Å². The Kier molecular flexibility index (Phi) is 3.47. The normalized spacial score (nSPS) is 10.5. The first-order valence-corrected chi connectivity index (χ1v) is 4.30. The van der Waals surface area contributed by atoms with Crippen molar-refractivity contribution in [3.63, 3.8) is 0 Å². The van der Waals surface area contributed by atoms with Crippen LogP contribution in [0.4, 0.5) is 5.69 Å². The zero-order valence-corrected chi connectivity index (χ0v) is 8.19. The second-order valence-corrected chi connectivity index (χ2v) is 2.96. The van der Waals surface area contributed by atoms with E-state index < -0.39 is 5.97 Å². The first-order valence-electron chi connectivity index (χ1n) is 4.30. The number of allylic oxidation sites excluding steroid dienone is 2. The number of benzene rings is 1. The van der Waals surface area contributed by atoms with Crippen LogP contribution < -0.4 is 5.32 Å². The molecule has 0 saturated carbocycles. The molecule has 1 aromatic rings. The van der Waals surface area contributed by atoms with Crippen molar-refractivity contribution in [1.82, 2.24) is 0 Å². The molecule has 0 bridgehead atoms. The Hall–Kier alpha value is -2.28. The molecule has 4 heteroatoms. The highest BCUT2D eigenvalue weighted by atomic mass is 16.4. The van der Waals surface area contributed by atoms with Gasteiger partial charge in [0.05, 0.1) is 11.6 Å². The monoisotopic (exact) mass is 202 g/mol. The molecule has 0 unspecified atom stereocenters. The van der Waals surface area contributed by atoms with Gasteiger partial charge in [-0.15, -0.1) is 0 Å². The van der Waals surface area contributed by atoms with Crippen LogP contribution in [0.5, 0.6) is 0 Å². The number of carboxylic acids is 1. The van der Waals surface area contributed by atoms with Gasteiger partial charge in [-0.1, -0.05) is 0 Å². The van der Waals surface area contributed by atoms with Gasteiger partial charge in [0.1, 0.15) is 0 Å². The number of carbonyl (C=O) groups is 1. The molecule has 76 valence electrons. The van der Waals surface area contributed by atoms with Crippen LogP contribution in [0.25, 0.3) is 0 Å². The quantitative estimate of drug-likeness (QED) is 0.737. The van der Waals surface area contributed by atoms with Crippen molar-refractivity contribution in [1.29, 1.82) is 5.26 Å². The minimum atomic E-state index is -0.953. The highest BCUT2D eigenvalue weighted by Gasteiger charge is 2.01. The van der Waals surface area contributed by atoms with E-state index in [0.29, 0.717) is 5.70 Å². The van der Waals surface area contributed by atoms with E-state index in [1.54, 1.807) is 19.1 Å². The number of nitrogens with zero attached hydrogens (tertiary/aromatic N) is 1. The van der Waals surface area contributed by atoms with Crippen LogP contribution in [0.3, 0.4) is 0 Å². The van der Waals surface area contributed by atoms with Crippen molar-refractivity contribution in [2.45, 2.75) is 6.92 Å². The molecular weight excluding hydrogens is 192 g/mol. The van der Waals surface area contributed by atoms with Crippen LogP contribution in [0.15, 0.2) is 36.0 Å². The number of anilines is 1. The molecule has 0 radical (unpaired) electrons. The van der Waals surface area contributed by atoms with Gasteiger partial charge in [-0.25, -0.2) is 4.79 Å². The zero-order chi connectivity index (χ0) is 11.3. The lowest BCUT2D eigenvalue weighted by Gasteiger charge is -2.05. The van der Waals surface area contributed by atoms with Crippen LogP contribution in [0.2, 0.25) is 0 Å². The fraction of sp³-hybridized carbons (Fsp3) is 0.0909. The fourth-order valence-electron chi connectivity index (χ4n) is 1.06. The summed E-state index contributed by atoms with van der Waals surface area (Å²) >= 11 is 0. The van der Waals surface area contributed by atoms with Crippen LogP contribution in [-0.2, 0) is 0 Å². The van der Waals surface area contributed by atoms with Crippen molar-refractivity contribution in [3.05, 3.63) is 41.6 Å². The summed E-state index contributed by atoms with van der Waals surface area (Å²) in [6, 6.07) is 8.21. The van der Waals surface area contributed by atoms with E-state index >= 15 is 0 Å². The van der Waals surface area contributed by atoms with Crippen LogP contribution in [0.1, 0.15) is 17.3 Å². The molecule has 0 atom stereocenters. The van der Waals surface area contributed by atoms with E-state index in [9.17, 15) is 4.79 Å². The van der Waals surface area contributed by atoms with E-state index in [1.165, 1.54) is 18.2 Å². The smallest absolute Gasteiger partial charge is 0.335 e. The SMILES string of the molecule is CC(=CC#N)Nc1ccc(C(=O)O)cc1. The Morgan fingerprint density at radius 2 is 2.07 bits per heavy atom. The van der Waals surface area contributed by atoms with Crippen molar-refractivity contribution in [2.24, 2.45) is 0 Å². The van der Waals surface area contributed by atoms with Gasteiger partial charge < -0.3 is 10.4 Å². The van der Waals surface area contributed by atoms with Crippen molar-refractivity contribution >= 4 is 11.7 Å². The van der Waals surface area contributed by atoms with E-state index in [0.717, 1.165) is 5.69 Å². The third kappa shape index (κ3) is 3.16. The summed E-state index contributed by atoms with van der Waals surface area (Å²) in [5, 5.41) is 20.0. The van der Waals surface area contributed by atoms with Gasteiger partial charge in [-0.05, 0) is 31.2 Å². The number of hydrogen-bond acceptors (Lipinski definition) is 3. The van der Waals surface area contributed by atoms with Gasteiger partial charge in [0.15, 0.2) is 0 Å². The van der Waals surface area contributed by atoms with E-state index in [4.69, 9.17) is 10.4 Å². The Morgan fingerprint density at radius 3 is 2.53 bits per heavy atom. The summed E-state index contributed by atoms with van der Waals surface area (Å²) in [6.07, 6.45) is 1.38. The van der Waals surface area contributed by atoms with Gasteiger partial charge in [-0.3, -0.25) is 0 Å². The first-order chi connectivity index (χ1) is 7.13. The minimum absolute atomic E-state index is 0.238. The molecule has 0 heterocycles. The Bertz CT molecular complexity index is 427. The largest absolute Gasteiger partial charge is 0.478 e. The lowest BCUT2D eigenvalue weighted by Crippen LogP contribution is -1.98. The molecule has 1 aromatic carbocycles. The maximum Gasteiger partial charge on any atom is 0.335 e. The fourth-order valence-corrected chi connectivity index (χ4v) is 1.06. The summed E-state index contributed by atoms with van der Waals surface area (Å²) in [5.74, 6) is -0.953. The van der Waals surface area contributed by atoms with Crippen molar-refractivity contribution in [3.8, 4) is 6.07 Å². The number of carboxylic acid groups (broad SMARTS) is 1. The third-order valence-electron chi connectivity index (χ3n) is 1.75. The predicted molar refractivity (Wildman–Crippen MR) is 56.4 cm³/mol. The van der Waals surface area contributed by atoms with Gasteiger partial charge in [0, 0.05) is 17.5 Å². The maximum absolute atomic E-state index is 10.6. The summed E-state index contributed by atoms with van der Waals surface area (Å²) in [5.41, 5.74) is 1.70. The minimum Gasteiger partial charge on any atom is -0.478 e. The lowest BCUT2D eigenvalue weighted by atomic mass is 10.2. The van der Waals surface area contributed by atoms with Gasteiger partial charge in [0.25, 0.3) is 0 Å². The summed E-state index contributed by atoms with van der Waals surface area (Å²) in [7, 11) is 0. The Morgan fingerprint density at radius 1 is 1.47 bits per heavy atom. The third-order valence-corrected chi connectivity index (χ3v) is 1.75. The molecule has 0 aliphatic heterocycles. The average Bonchev–Trinajstić information content (AvgIpc) is 2.18. The molecule has 0 aliphatic carbocycles. The highest BCUT2D eigenvalue weighted by Crippen LogP contribution is 2.11. The molecule has 2 N–H and O–H groups in total. The molecule has 4 nitrogen and oxygen atoms in total. The van der Waals surface area contributed by atoms with E-state index in [-0.39, 0.29) is 5.56 Å². The molecule has 15 heavy (non-hydrogen) atoms. The number of nitrogens with one attached hydrogen (secondary N) is 1. The molecule has 0 amide bonds. The Balaban J connectivity index is 2.78. The molecule has 0 fully saturated rings. The molecule has 0 saturated heterocycles. The molecule has 0 spiro atoms. The number of nitriles is 1. The Labute approximate surface area is 87.5 Å². The van der Waals surface area contributed by atoms with Gasteiger partial charge in [0.2, 0.25) is 0 Å². The zero-order valence-electron chi connectivity index (χ0n) is 8.19. The molecular formula is C11H10N2O2. The van der Waals surface area contributed by atoms with Crippen molar-refractivity contribution in [2.75, 3.05) is 5.32 Å². The van der Waals surface area contributed by atoms with Gasteiger partial charge in [-0.2, -0.15) is 5.26 Å². The summed E-state index contributed by atoms with van der Waals surface area (Å²) in [4.78, 5) is 10.6. The number of rotatable bonds is 3. The standard InChI is InChI=1S/C11H10N2O2/c1-8(6-7-12)13-10-4-2-9(3-5-10)11(14)15/h2-6,13H,1H3,(H,14,15). The highest BCUT2D eigenvalue weighted by molar-refractivity contribution is 5.88.